The van der Waals surface area contributed by atoms with E-state index in [0.717, 1.165) is 13.0 Å². The van der Waals surface area contributed by atoms with Crippen molar-refractivity contribution in [2.75, 3.05) is 13.1 Å². The van der Waals surface area contributed by atoms with Gasteiger partial charge in [-0.3, -0.25) is 0 Å². The van der Waals surface area contributed by atoms with Gasteiger partial charge < -0.3 is 10.6 Å². The van der Waals surface area contributed by atoms with E-state index in [0.29, 0.717) is 6.04 Å². The molecule has 0 aromatic carbocycles. The van der Waals surface area contributed by atoms with Gasteiger partial charge >= 0.3 is 0 Å². The molecule has 58 valence electrons. The fourth-order valence-corrected chi connectivity index (χ4v) is 1.28. The molecule has 0 fully saturated rings. The van der Waals surface area contributed by atoms with Crippen molar-refractivity contribution in [1.29, 1.82) is 0 Å². The predicted octanol–water partition coefficient (Wildman–Crippen LogP) is 0.943. The molecule has 0 bridgehead atoms. The van der Waals surface area contributed by atoms with E-state index in [1.165, 1.54) is 13.0 Å². The summed E-state index contributed by atoms with van der Waals surface area (Å²) in [7, 11) is 0. The van der Waals surface area contributed by atoms with E-state index >= 15 is 0 Å². The third kappa shape index (κ3) is 1.74. The summed E-state index contributed by atoms with van der Waals surface area (Å²) in [5.41, 5.74) is 5.45. The molecule has 0 aromatic heterocycles. The summed E-state index contributed by atoms with van der Waals surface area (Å²) < 4.78 is 0. The van der Waals surface area contributed by atoms with E-state index in [-0.39, 0.29) is 0 Å². The smallest absolute Gasteiger partial charge is 0.0268 e. The van der Waals surface area contributed by atoms with Crippen molar-refractivity contribution in [1.82, 2.24) is 4.90 Å². The topological polar surface area (TPSA) is 29.3 Å². The lowest BCUT2D eigenvalue weighted by atomic mass is 10.2. The van der Waals surface area contributed by atoms with Crippen molar-refractivity contribution < 1.29 is 0 Å². The molecule has 0 saturated carbocycles. The highest BCUT2D eigenvalue weighted by Crippen LogP contribution is 2.10. The summed E-state index contributed by atoms with van der Waals surface area (Å²) in [6.45, 7) is 4.20. The van der Waals surface area contributed by atoms with Gasteiger partial charge in [-0.2, -0.15) is 0 Å². The van der Waals surface area contributed by atoms with Crippen LogP contribution in [-0.4, -0.2) is 24.0 Å². The van der Waals surface area contributed by atoms with Crippen molar-refractivity contribution in [2.45, 2.75) is 25.8 Å². The van der Waals surface area contributed by atoms with Crippen LogP contribution in [0.15, 0.2) is 12.3 Å². The van der Waals surface area contributed by atoms with Gasteiger partial charge in [0.25, 0.3) is 0 Å². The van der Waals surface area contributed by atoms with E-state index in [1.807, 2.05) is 0 Å². The molecule has 1 heterocycles. The van der Waals surface area contributed by atoms with E-state index in [2.05, 4.69) is 24.1 Å². The average Bonchev–Trinajstić information content (AvgIpc) is 2.38. The second-order valence-corrected chi connectivity index (χ2v) is 2.84. The minimum Gasteiger partial charge on any atom is -0.375 e. The molecule has 0 aliphatic carbocycles. The lowest BCUT2D eigenvalue weighted by Crippen LogP contribution is -2.28. The number of rotatable bonds is 3. The molecule has 1 aliphatic rings. The fraction of sp³-hybridized carbons (Fsp3) is 0.750. The summed E-state index contributed by atoms with van der Waals surface area (Å²) in [4.78, 5) is 2.35. The first-order valence-electron chi connectivity index (χ1n) is 3.97. The molecule has 1 unspecified atom stereocenters. The van der Waals surface area contributed by atoms with E-state index in [1.54, 1.807) is 0 Å². The first-order chi connectivity index (χ1) is 4.84. The largest absolute Gasteiger partial charge is 0.375 e. The van der Waals surface area contributed by atoms with Crippen LogP contribution in [0.25, 0.3) is 0 Å². The molecule has 0 aromatic rings. The van der Waals surface area contributed by atoms with Gasteiger partial charge in [-0.25, -0.2) is 0 Å². The lowest BCUT2D eigenvalue weighted by Gasteiger charge is -2.23. The second kappa shape index (κ2) is 3.62. The third-order valence-corrected chi connectivity index (χ3v) is 2.00. The van der Waals surface area contributed by atoms with Crippen LogP contribution in [0.3, 0.4) is 0 Å². The van der Waals surface area contributed by atoms with Gasteiger partial charge in [0.05, 0.1) is 0 Å². The highest BCUT2D eigenvalue weighted by atomic mass is 15.1. The SMILES string of the molecule is CC(CCN)N1C=CCC1. The Balaban J connectivity index is 2.26. The first kappa shape index (κ1) is 7.61. The molecule has 0 radical (unpaired) electrons. The Morgan fingerprint density at radius 3 is 3.00 bits per heavy atom. The van der Waals surface area contributed by atoms with E-state index in [4.69, 9.17) is 5.73 Å². The molecule has 10 heavy (non-hydrogen) atoms. The van der Waals surface area contributed by atoms with Crippen LogP contribution >= 0.6 is 0 Å². The van der Waals surface area contributed by atoms with Gasteiger partial charge in [0.15, 0.2) is 0 Å². The van der Waals surface area contributed by atoms with Crippen LogP contribution in [0.4, 0.5) is 0 Å². The van der Waals surface area contributed by atoms with Crippen molar-refractivity contribution in [3.8, 4) is 0 Å². The summed E-state index contributed by atoms with van der Waals surface area (Å²) in [5.74, 6) is 0. The van der Waals surface area contributed by atoms with Gasteiger partial charge in [-0.05, 0) is 32.5 Å². The predicted molar refractivity (Wildman–Crippen MR) is 43.6 cm³/mol. The van der Waals surface area contributed by atoms with E-state index < -0.39 is 0 Å². The van der Waals surface area contributed by atoms with Crippen molar-refractivity contribution in [2.24, 2.45) is 5.73 Å². The van der Waals surface area contributed by atoms with Gasteiger partial charge in [-0.1, -0.05) is 6.08 Å². The summed E-state index contributed by atoms with van der Waals surface area (Å²) in [5, 5.41) is 0. The standard InChI is InChI=1S/C8H16N2/c1-8(4-5-9)10-6-2-3-7-10/h2,6,8H,3-5,7,9H2,1H3. The number of hydrogen-bond donors (Lipinski definition) is 1. The van der Waals surface area contributed by atoms with Crippen molar-refractivity contribution >= 4 is 0 Å². The summed E-state index contributed by atoms with van der Waals surface area (Å²) in [6.07, 6.45) is 6.70. The van der Waals surface area contributed by atoms with E-state index in [9.17, 15) is 0 Å². The number of nitrogens with two attached hydrogens (primary N) is 1. The lowest BCUT2D eigenvalue weighted by molar-refractivity contribution is 0.303. The first-order valence-corrected chi connectivity index (χ1v) is 3.97. The minimum atomic E-state index is 0.628. The van der Waals surface area contributed by atoms with Crippen LogP contribution in [0, 0.1) is 0 Å². The van der Waals surface area contributed by atoms with Crippen LogP contribution in [0.1, 0.15) is 19.8 Å². The maximum absolute atomic E-state index is 5.45. The van der Waals surface area contributed by atoms with Crippen molar-refractivity contribution in [3.05, 3.63) is 12.3 Å². The molecular formula is C8H16N2. The quantitative estimate of drug-likeness (QED) is 0.632. The molecule has 1 atom stereocenters. The van der Waals surface area contributed by atoms with Gasteiger partial charge in [0, 0.05) is 12.6 Å². The minimum absolute atomic E-state index is 0.628. The maximum Gasteiger partial charge on any atom is 0.0268 e. The highest BCUT2D eigenvalue weighted by Gasteiger charge is 2.10. The summed E-state index contributed by atoms with van der Waals surface area (Å²) in [6, 6.07) is 0.628. The Morgan fingerprint density at radius 1 is 1.70 bits per heavy atom. The molecule has 2 heteroatoms. The third-order valence-electron chi connectivity index (χ3n) is 2.00. The van der Waals surface area contributed by atoms with Crippen LogP contribution in [0.2, 0.25) is 0 Å². The molecule has 1 aliphatic heterocycles. The monoisotopic (exact) mass is 140 g/mol. The Kier molecular flexibility index (Phi) is 2.75. The number of nitrogens with zero attached hydrogens (tertiary/aromatic N) is 1. The molecule has 0 spiro atoms. The molecule has 2 N–H and O–H groups in total. The molecule has 0 amide bonds. The molecule has 1 rings (SSSR count). The van der Waals surface area contributed by atoms with Crippen LogP contribution in [-0.2, 0) is 0 Å². The number of hydrogen-bond acceptors (Lipinski definition) is 2. The second-order valence-electron chi connectivity index (χ2n) is 2.84. The van der Waals surface area contributed by atoms with Crippen molar-refractivity contribution in [3.63, 3.8) is 0 Å². The fourth-order valence-electron chi connectivity index (χ4n) is 1.28. The average molecular weight is 140 g/mol. The molecule has 2 nitrogen and oxygen atoms in total. The Labute approximate surface area is 62.7 Å². The van der Waals surface area contributed by atoms with Gasteiger partial charge in [0.1, 0.15) is 0 Å². The van der Waals surface area contributed by atoms with Gasteiger partial charge in [0.2, 0.25) is 0 Å². The molecular weight excluding hydrogens is 124 g/mol. The Morgan fingerprint density at radius 2 is 2.50 bits per heavy atom. The van der Waals surface area contributed by atoms with Crippen LogP contribution in [0.5, 0.6) is 0 Å². The molecule has 0 saturated heterocycles. The normalized spacial score (nSPS) is 20.0. The Hall–Kier alpha value is -0.500. The Bertz CT molecular complexity index is 120. The maximum atomic E-state index is 5.45. The van der Waals surface area contributed by atoms with Crippen LogP contribution < -0.4 is 5.73 Å². The zero-order valence-corrected chi connectivity index (χ0v) is 6.59. The highest BCUT2D eigenvalue weighted by molar-refractivity contribution is 4.93. The zero-order valence-electron chi connectivity index (χ0n) is 6.59. The zero-order chi connectivity index (χ0) is 7.40. The summed E-state index contributed by atoms with van der Waals surface area (Å²) >= 11 is 0. The van der Waals surface area contributed by atoms with Gasteiger partial charge in [-0.15, -0.1) is 0 Å².